The molecule has 0 heterocycles. The Morgan fingerprint density at radius 2 is 1.67 bits per heavy atom. The normalized spacial score (nSPS) is 10.4. The second-order valence-electron chi connectivity index (χ2n) is 2.83. The van der Waals surface area contributed by atoms with E-state index in [1.54, 1.807) is 0 Å². The van der Waals surface area contributed by atoms with Crippen LogP contribution in [-0.2, 0) is 5.32 Å². The van der Waals surface area contributed by atoms with Gasteiger partial charge in [-0.2, -0.15) is 0 Å². The van der Waals surface area contributed by atoms with E-state index in [2.05, 4.69) is 58.5 Å². The predicted molar refractivity (Wildman–Crippen MR) is 53.4 cm³/mol. The van der Waals surface area contributed by atoms with E-state index in [9.17, 15) is 0 Å². The fraction of sp³-hybridized carbons (Fsp3) is 0.0909. The van der Waals surface area contributed by atoms with Crippen molar-refractivity contribution in [1.82, 2.24) is 0 Å². The standard InChI is InChI=1S/C11H9Se/c12-8-9-5-6-10-3-1-2-4-11(10)7-9/h1-7H,8H2. The Morgan fingerprint density at radius 1 is 0.917 bits per heavy atom. The van der Waals surface area contributed by atoms with Crippen LogP contribution in [0.3, 0.4) is 0 Å². The van der Waals surface area contributed by atoms with Crippen molar-refractivity contribution in [3.05, 3.63) is 48.0 Å². The monoisotopic (exact) mass is 221 g/mol. The zero-order chi connectivity index (χ0) is 8.39. The minimum atomic E-state index is 0.991. The van der Waals surface area contributed by atoms with Crippen molar-refractivity contribution in [2.45, 2.75) is 5.32 Å². The maximum atomic E-state index is 3.02. The first-order valence-electron chi connectivity index (χ1n) is 3.96. The number of rotatable bonds is 1. The molecule has 1 radical (unpaired) electrons. The van der Waals surface area contributed by atoms with Crippen molar-refractivity contribution >= 4 is 26.8 Å². The van der Waals surface area contributed by atoms with Crippen LogP contribution in [0.5, 0.6) is 0 Å². The molecule has 0 aliphatic rings. The van der Waals surface area contributed by atoms with Crippen LogP contribution < -0.4 is 0 Å². The van der Waals surface area contributed by atoms with Crippen molar-refractivity contribution in [1.29, 1.82) is 0 Å². The van der Waals surface area contributed by atoms with Crippen LogP contribution in [0, 0.1) is 0 Å². The summed E-state index contributed by atoms with van der Waals surface area (Å²) < 4.78 is 0. The fourth-order valence-corrected chi connectivity index (χ4v) is 1.71. The summed E-state index contributed by atoms with van der Waals surface area (Å²) >= 11 is 3.02. The molecular weight excluding hydrogens is 211 g/mol. The molecule has 0 atom stereocenters. The molecule has 0 unspecified atom stereocenters. The van der Waals surface area contributed by atoms with Gasteiger partial charge in [0.15, 0.2) is 0 Å². The number of hydrogen-bond acceptors (Lipinski definition) is 0. The molecule has 0 nitrogen and oxygen atoms in total. The molecule has 0 amide bonds. The number of benzene rings is 2. The van der Waals surface area contributed by atoms with Gasteiger partial charge in [0.2, 0.25) is 0 Å². The zero-order valence-electron chi connectivity index (χ0n) is 6.66. The third-order valence-corrected chi connectivity index (χ3v) is 2.68. The third kappa shape index (κ3) is 1.38. The quantitative estimate of drug-likeness (QED) is 0.648. The Kier molecular flexibility index (Phi) is 2.16. The summed E-state index contributed by atoms with van der Waals surface area (Å²) in [6.45, 7) is 0. The van der Waals surface area contributed by atoms with E-state index >= 15 is 0 Å². The van der Waals surface area contributed by atoms with Crippen LogP contribution in [-0.4, -0.2) is 16.0 Å². The average Bonchev–Trinajstić information content (AvgIpc) is 2.17. The van der Waals surface area contributed by atoms with Crippen molar-refractivity contribution in [3.8, 4) is 0 Å². The molecule has 2 rings (SSSR count). The van der Waals surface area contributed by atoms with E-state index in [-0.39, 0.29) is 0 Å². The molecule has 0 bridgehead atoms. The van der Waals surface area contributed by atoms with Crippen molar-refractivity contribution in [3.63, 3.8) is 0 Å². The van der Waals surface area contributed by atoms with Gasteiger partial charge >= 0.3 is 80.1 Å². The van der Waals surface area contributed by atoms with E-state index in [1.165, 1.54) is 16.3 Å². The predicted octanol–water partition coefficient (Wildman–Crippen LogP) is 2.51. The summed E-state index contributed by atoms with van der Waals surface area (Å²) in [5.74, 6) is 0. The Labute approximate surface area is 80.4 Å². The van der Waals surface area contributed by atoms with Crippen molar-refractivity contribution in [2.75, 3.05) is 0 Å². The van der Waals surface area contributed by atoms with Crippen LogP contribution in [0.25, 0.3) is 10.8 Å². The SMILES string of the molecule is [Se]Cc1ccc2ccccc2c1. The van der Waals surface area contributed by atoms with Crippen molar-refractivity contribution in [2.24, 2.45) is 0 Å². The summed E-state index contributed by atoms with van der Waals surface area (Å²) in [5.41, 5.74) is 1.36. The molecule has 0 aromatic heterocycles. The van der Waals surface area contributed by atoms with Gasteiger partial charge in [0.05, 0.1) is 0 Å². The molecule has 2 aromatic rings. The molecule has 0 saturated heterocycles. The van der Waals surface area contributed by atoms with E-state index in [0.717, 1.165) is 5.32 Å². The Hall–Kier alpha value is -0.781. The molecule has 0 aliphatic carbocycles. The van der Waals surface area contributed by atoms with Gasteiger partial charge in [-0.1, -0.05) is 0 Å². The summed E-state index contributed by atoms with van der Waals surface area (Å²) in [5, 5.41) is 3.63. The first-order valence-corrected chi connectivity index (χ1v) is 5.17. The van der Waals surface area contributed by atoms with Gasteiger partial charge in [0, 0.05) is 0 Å². The third-order valence-electron chi connectivity index (χ3n) is 1.98. The van der Waals surface area contributed by atoms with Crippen molar-refractivity contribution < 1.29 is 0 Å². The molecule has 0 fully saturated rings. The van der Waals surface area contributed by atoms with Gasteiger partial charge < -0.3 is 0 Å². The maximum absolute atomic E-state index is 3.02. The van der Waals surface area contributed by atoms with Gasteiger partial charge in [0.25, 0.3) is 0 Å². The van der Waals surface area contributed by atoms with Gasteiger partial charge in [-0.3, -0.25) is 0 Å². The fourth-order valence-electron chi connectivity index (χ4n) is 1.33. The Balaban J connectivity index is 2.67. The summed E-state index contributed by atoms with van der Waals surface area (Å²) in [7, 11) is 0. The van der Waals surface area contributed by atoms with E-state index in [0.29, 0.717) is 0 Å². The van der Waals surface area contributed by atoms with Gasteiger partial charge in [0.1, 0.15) is 0 Å². The van der Waals surface area contributed by atoms with Crippen LogP contribution in [0.4, 0.5) is 0 Å². The molecule has 0 spiro atoms. The summed E-state index contributed by atoms with van der Waals surface area (Å²) in [4.78, 5) is 0. The first-order chi connectivity index (χ1) is 5.90. The average molecular weight is 220 g/mol. The molecule has 59 valence electrons. The molecule has 0 aliphatic heterocycles. The second-order valence-corrected chi connectivity index (χ2v) is 3.43. The molecule has 12 heavy (non-hydrogen) atoms. The van der Waals surface area contributed by atoms with Gasteiger partial charge in [-0.05, 0) is 0 Å². The van der Waals surface area contributed by atoms with Crippen LogP contribution >= 0.6 is 0 Å². The summed E-state index contributed by atoms with van der Waals surface area (Å²) in [6, 6.07) is 15.0. The van der Waals surface area contributed by atoms with E-state index < -0.39 is 0 Å². The molecule has 1 heteroatoms. The van der Waals surface area contributed by atoms with Crippen LogP contribution in [0.15, 0.2) is 42.5 Å². The topological polar surface area (TPSA) is 0 Å². The van der Waals surface area contributed by atoms with E-state index in [4.69, 9.17) is 0 Å². The Bertz CT molecular complexity index is 393. The molecule has 2 aromatic carbocycles. The molecule has 0 saturated carbocycles. The molecular formula is C11H9Se. The van der Waals surface area contributed by atoms with E-state index in [1.807, 2.05) is 0 Å². The Morgan fingerprint density at radius 3 is 2.42 bits per heavy atom. The van der Waals surface area contributed by atoms with Gasteiger partial charge in [-0.25, -0.2) is 0 Å². The van der Waals surface area contributed by atoms with Crippen LogP contribution in [0.2, 0.25) is 0 Å². The first kappa shape index (κ1) is 7.85. The molecule has 0 N–H and O–H groups in total. The van der Waals surface area contributed by atoms with Gasteiger partial charge in [-0.15, -0.1) is 0 Å². The van der Waals surface area contributed by atoms with Crippen LogP contribution in [0.1, 0.15) is 5.56 Å². The minimum absolute atomic E-state index is 0.991. The summed E-state index contributed by atoms with van der Waals surface area (Å²) in [6.07, 6.45) is 0. The second kappa shape index (κ2) is 3.30. The number of hydrogen-bond donors (Lipinski definition) is 0. The number of fused-ring (bicyclic) bond motifs is 1. The zero-order valence-corrected chi connectivity index (χ0v) is 8.37.